The number of benzene rings is 3. The van der Waals surface area contributed by atoms with Crippen LogP contribution < -0.4 is 15.4 Å². The Kier molecular flexibility index (Phi) is 6.29. The quantitative estimate of drug-likeness (QED) is 0.549. The van der Waals surface area contributed by atoms with Crippen molar-refractivity contribution in [2.45, 2.75) is 13.3 Å². The minimum Gasteiger partial charge on any atom is -0.457 e. The number of halogens is 1. The molecule has 142 valence electrons. The van der Waals surface area contributed by atoms with E-state index < -0.39 is 11.8 Å². The molecule has 0 aromatic heterocycles. The van der Waals surface area contributed by atoms with Crippen LogP contribution in [0.4, 0.5) is 11.4 Å². The standard InChI is InChI=1S/C22H19ClN2O3/c1-15-19(23)8-5-9-20(15)25-22(27)14-21(26)24-16-10-12-18(13-11-16)28-17-6-3-2-4-7-17/h2-13H,14H2,1H3,(H,24,26)(H,25,27). The highest BCUT2D eigenvalue weighted by Crippen LogP contribution is 2.24. The lowest BCUT2D eigenvalue weighted by Gasteiger charge is -2.10. The number of carbonyl (C=O) groups excluding carboxylic acids is 2. The Hall–Kier alpha value is -3.31. The lowest BCUT2D eigenvalue weighted by atomic mass is 10.2. The zero-order chi connectivity index (χ0) is 19.9. The number of carbonyl (C=O) groups is 2. The molecule has 0 aliphatic heterocycles. The van der Waals surface area contributed by atoms with E-state index in [-0.39, 0.29) is 6.42 Å². The summed E-state index contributed by atoms with van der Waals surface area (Å²) in [5.74, 6) is 0.562. The van der Waals surface area contributed by atoms with E-state index in [0.29, 0.717) is 22.1 Å². The molecule has 3 aromatic rings. The van der Waals surface area contributed by atoms with Gasteiger partial charge in [-0.05, 0) is 61.0 Å². The van der Waals surface area contributed by atoms with Crippen molar-refractivity contribution in [3.05, 3.63) is 83.4 Å². The van der Waals surface area contributed by atoms with E-state index in [2.05, 4.69) is 10.6 Å². The van der Waals surface area contributed by atoms with Crippen LogP contribution in [0.25, 0.3) is 0 Å². The molecule has 2 amide bonds. The molecule has 0 spiro atoms. The maximum Gasteiger partial charge on any atom is 0.233 e. The number of anilines is 2. The highest BCUT2D eigenvalue weighted by Gasteiger charge is 2.12. The zero-order valence-electron chi connectivity index (χ0n) is 15.2. The number of para-hydroxylation sites is 1. The second-order valence-corrected chi connectivity index (χ2v) is 6.53. The van der Waals surface area contributed by atoms with Gasteiger partial charge in [-0.2, -0.15) is 0 Å². The smallest absolute Gasteiger partial charge is 0.233 e. The van der Waals surface area contributed by atoms with E-state index in [1.54, 1.807) is 49.4 Å². The molecule has 2 N–H and O–H groups in total. The van der Waals surface area contributed by atoms with Gasteiger partial charge in [-0.15, -0.1) is 0 Å². The van der Waals surface area contributed by atoms with Gasteiger partial charge in [0.25, 0.3) is 0 Å². The van der Waals surface area contributed by atoms with Gasteiger partial charge in [0, 0.05) is 16.4 Å². The first-order valence-electron chi connectivity index (χ1n) is 8.69. The van der Waals surface area contributed by atoms with E-state index in [1.165, 1.54) is 0 Å². The fourth-order valence-electron chi connectivity index (χ4n) is 2.52. The minimum absolute atomic E-state index is 0.297. The molecule has 0 saturated carbocycles. The monoisotopic (exact) mass is 394 g/mol. The van der Waals surface area contributed by atoms with E-state index in [4.69, 9.17) is 16.3 Å². The van der Waals surface area contributed by atoms with Crippen molar-refractivity contribution >= 4 is 34.8 Å². The zero-order valence-corrected chi connectivity index (χ0v) is 16.0. The first-order chi connectivity index (χ1) is 13.5. The lowest BCUT2D eigenvalue weighted by molar-refractivity contribution is -0.123. The largest absolute Gasteiger partial charge is 0.457 e. The maximum atomic E-state index is 12.1. The fourth-order valence-corrected chi connectivity index (χ4v) is 2.69. The highest BCUT2D eigenvalue weighted by atomic mass is 35.5. The molecule has 6 heteroatoms. The van der Waals surface area contributed by atoms with Crippen molar-refractivity contribution in [1.82, 2.24) is 0 Å². The third-order valence-electron chi connectivity index (χ3n) is 3.98. The van der Waals surface area contributed by atoms with Crippen LogP contribution in [0.15, 0.2) is 72.8 Å². The van der Waals surface area contributed by atoms with Gasteiger partial charge in [0.1, 0.15) is 17.9 Å². The van der Waals surface area contributed by atoms with Crippen molar-refractivity contribution in [3.8, 4) is 11.5 Å². The third-order valence-corrected chi connectivity index (χ3v) is 4.39. The van der Waals surface area contributed by atoms with E-state index in [1.807, 2.05) is 30.3 Å². The predicted molar refractivity (Wildman–Crippen MR) is 111 cm³/mol. The number of hydrogen-bond donors (Lipinski definition) is 2. The number of nitrogens with one attached hydrogen (secondary N) is 2. The summed E-state index contributed by atoms with van der Waals surface area (Å²) in [7, 11) is 0. The lowest BCUT2D eigenvalue weighted by Crippen LogP contribution is -2.21. The molecule has 0 heterocycles. The van der Waals surface area contributed by atoms with Gasteiger partial charge < -0.3 is 15.4 Å². The average Bonchev–Trinajstić information content (AvgIpc) is 2.68. The van der Waals surface area contributed by atoms with E-state index in [9.17, 15) is 9.59 Å². The Bertz CT molecular complexity index is 973. The number of hydrogen-bond acceptors (Lipinski definition) is 3. The Labute approximate surface area is 168 Å². The fraction of sp³-hybridized carbons (Fsp3) is 0.0909. The van der Waals surface area contributed by atoms with E-state index in [0.717, 1.165) is 11.3 Å². The molecular formula is C22H19ClN2O3. The first-order valence-corrected chi connectivity index (χ1v) is 9.07. The predicted octanol–water partition coefficient (Wildman–Crippen LogP) is 5.41. The maximum absolute atomic E-state index is 12.1. The summed E-state index contributed by atoms with van der Waals surface area (Å²) in [6.45, 7) is 1.80. The molecule has 0 bridgehead atoms. The van der Waals surface area contributed by atoms with Crippen LogP contribution >= 0.6 is 11.6 Å². The van der Waals surface area contributed by atoms with Crippen molar-refractivity contribution in [1.29, 1.82) is 0 Å². The van der Waals surface area contributed by atoms with Gasteiger partial charge in [0.15, 0.2) is 0 Å². The SMILES string of the molecule is Cc1c(Cl)cccc1NC(=O)CC(=O)Nc1ccc(Oc2ccccc2)cc1. The van der Waals surface area contributed by atoms with Gasteiger partial charge in [0.05, 0.1) is 0 Å². The Morgan fingerprint density at radius 1 is 0.821 bits per heavy atom. The van der Waals surface area contributed by atoms with Gasteiger partial charge in [-0.1, -0.05) is 35.9 Å². The average molecular weight is 395 g/mol. The van der Waals surface area contributed by atoms with Crippen LogP contribution in [-0.4, -0.2) is 11.8 Å². The molecule has 0 fully saturated rings. The number of amides is 2. The highest BCUT2D eigenvalue weighted by molar-refractivity contribution is 6.31. The van der Waals surface area contributed by atoms with Crippen molar-refractivity contribution in [3.63, 3.8) is 0 Å². The van der Waals surface area contributed by atoms with Gasteiger partial charge in [-0.25, -0.2) is 0 Å². The van der Waals surface area contributed by atoms with Gasteiger partial charge >= 0.3 is 0 Å². The molecule has 0 unspecified atom stereocenters. The third kappa shape index (κ3) is 5.34. The van der Waals surface area contributed by atoms with Gasteiger partial charge in [0.2, 0.25) is 11.8 Å². The molecular weight excluding hydrogens is 376 g/mol. The van der Waals surface area contributed by atoms with Crippen LogP contribution in [0, 0.1) is 6.92 Å². The Morgan fingerprint density at radius 3 is 2.18 bits per heavy atom. The second kappa shape index (κ2) is 9.06. The van der Waals surface area contributed by atoms with Crippen molar-refractivity contribution in [2.75, 3.05) is 10.6 Å². The molecule has 0 aliphatic carbocycles. The minimum atomic E-state index is -0.410. The molecule has 3 aromatic carbocycles. The van der Waals surface area contributed by atoms with Crippen molar-refractivity contribution in [2.24, 2.45) is 0 Å². The van der Waals surface area contributed by atoms with Crippen molar-refractivity contribution < 1.29 is 14.3 Å². The molecule has 28 heavy (non-hydrogen) atoms. The second-order valence-electron chi connectivity index (χ2n) is 6.13. The van der Waals surface area contributed by atoms with Crippen LogP contribution in [-0.2, 0) is 9.59 Å². The molecule has 0 atom stereocenters. The number of ether oxygens (including phenoxy) is 1. The molecule has 0 saturated heterocycles. The van der Waals surface area contributed by atoms with Crippen LogP contribution in [0.5, 0.6) is 11.5 Å². The summed E-state index contributed by atoms with van der Waals surface area (Å²) in [5, 5.41) is 5.95. The van der Waals surface area contributed by atoms with Gasteiger partial charge in [-0.3, -0.25) is 9.59 Å². The first kappa shape index (κ1) is 19.5. The van der Waals surface area contributed by atoms with E-state index >= 15 is 0 Å². The summed E-state index contributed by atoms with van der Waals surface area (Å²) in [6, 6.07) is 21.6. The molecule has 5 nitrogen and oxygen atoms in total. The Balaban J connectivity index is 1.53. The normalized spacial score (nSPS) is 10.2. The molecule has 3 rings (SSSR count). The summed E-state index contributed by atoms with van der Waals surface area (Å²) in [4.78, 5) is 24.2. The van der Waals surface area contributed by atoms with Crippen LogP contribution in [0.3, 0.4) is 0 Å². The summed E-state index contributed by atoms with van der Waals surface area (Å²) in [5.41, 5.74) is 1.93. The topological polar surface area (TPSA) is 67.4 Å². The molecule has 0 aliphatic rings. The molecule has 0 radical (unpaired) electrons. The summed E-state index contributed by atoms with van der Waals surface area (Å²) >= 11 is 6.03. The number of rotatable bonds is 6. The summed E-state index contributed by atoms with van der Waals surface area (Å²) in [6.07, 6.45) is -0.297. The van der Waals surface area contributed by atoms with Crippen LogP contribution in [0.1, 0.15) is 12.0 Å². The summed E-state index contributed by atoms with van der Waals surface area (Å²) < 4.78 is 5.70. The van der Waals surface area contributed by atoms with Crippen LogP contribution in [0.2, 0.25) is 5.02 Å². The Morgan fingerprint density at radius 2 is 1.46 bits per heavy atom.